The number of benzene rings is 2. The molecular formula is C28H16N10. The quantitative estimate of drug-likeness (QED) is 0.349. The second-order valence-corrected chi connectivity index (χ2v) is 8.79. The molecule has 8 rings (SSSR count). The third kappa shape index (κ3) is 2.94. The lowest BCUT2D eigenvalue weighted by atomic mass is 10.0. The molecule has 0 aliphatic carbocycles. The monoisotopic (exact) mass is 492 g/mol. The average Bonchev–Trinajstić information content (AvgIpc) is 3.51. The van der Waals surface area contributed by atoms with Crippen molar-refractivity contribution in [2.24, 2.45) is 0 Å². The maximum Gasteiger partial charge on any atom is 0.118 e. The average molecular weight is 493 g/mol. The molecule has 0 atom stereocenters. The molecule has 0 radical (unpaired) electrons. The van der Waals surface area contributed by atoms with Gasteiger partial charge in [-0.05, 0) is 35.4 Å². The van der Waals surface area contributed by atoms with E-state index in [9.17, 15) is 0 Å². The first-order valence-corrected chi connectivity index (χ1v) is 11.9. The summed E-state index contributed by atoms with van der Waals surface area (Å²) in [5.41, 5.74) is 10.9. The van der Waals surface area contributed by atoms with Crippen molar-refractivity contribution in [3.05, 3.63) is 98.6 Å². The fourth-order valence-corrected chi connectivity index (χ4v) is 5.10. The van der Waals surface area contributed by atoms with Gasteiger partial charge in [0.2, 0.25) is 0 Å². The van der Waals surface area contributed by atoms with Crippen LogP contribution in [-0.2, 0) is 0 Å². The second-order valence-electron chi connectivity index (χ2n) is 8.79. The lowest BCUT2D eigenvalue weighted by molar-refractivity contribution is 1.12. The summed E-state index contributed by atoms with van der Waals surface area (Å²) in [5.74, 6) is 0. The summed E-state index contributed by atoms with van der Waals surface area (Å²) in [7, 11) is 0. The van der Waals surface area contributed by atoms with Crippen molar-refractivity contribution in [2.45, 2.75) is 0 Å². The number of nitrogens with zero attached hydrogens (tertiary/aromatic N) is 10. The lowest BCUT2D eigenvalue weighted by Crippen LogP contribution is -1.96. The van der Waals surface area contributed by atoms with Gasteiger partial charge in [0.05, 0.1) is 46.9 Å². The van der Waals surface area contributed by atoms with Gasteiger partial charge >= 0.3 is 0 Å². The summed E-state index contributed by atoms with van der Waals surface area (Å²) in [5, 5.41) is 0. The van der Waals surface area contributed by atoms with Gasteiger partial charge in [0.25, 0.3) is 0 Å². The van der Waals surface area contributed by atoms with Crippen LogP contribution in [0, 0.1) is 0 Å². The van der Waals surface area contributed by atoms with E-state index in [1.165, 1.54) is 0 Å². The van der Waals surface area contributed by atoms with Gasteiger partial charge in [-0.2, -0.15) is 0 Å². The normalized spacial score (nSPS) is 11.7. The summed E-state index contributed by atoms with van der Waals surface area (Å²) in [4.78, 5) is 34.7. The zero-order chi connectivity index (χ0) is 25.1. The van der Waals surface area contributed by atoms with Crippen LogP contribution in [0.4, 0.5) is 0 Å². The highest BCUT2D eigenvalue weighted by Crippen LogP contribution is 2.31. The minimum atomic E-state index is 0.804. The summed E-state index contributed by atoms with van der Waals surface area (Å²) in [6, 6.07) is 16.8. The number of hydrogen-bond donors (Lipinski definition) is 0. The molecule has 38 heavy (non-hydrogen) atoms. The molecule has 2 aromatic carbocycles. The van der Waals surface area contributed by atoms with Crippen molar-refractivity contribution in [2.75, 3.05) is 0 Å². The van der Waals surface area contributed by atoms with Crippen molar-refractivity contribution in [3.8, 4) is 22.5 Å². The predicted molar refractivity (Wildman–Crippen MR) is 143 cm³/mol. The zero-order valence-corrected chi connectivity index (χ0v) is 19.7. The maximum absolute atomic E-state index is 4.45. The Labute approximate surface area is 214 Å². The van der Waals surface area contributed by atoms with Gasteiger partial charge in [0, 0.05) is 11.4 Å². The van der Waals surface area contributed by atoms with Crippen molar-refractivity contribution in [1.29, 1.82) is 0 Å². The molecule has 0 saturated carbocycles. The van der Waals surface area contributed by atoms with E-state index in [2.05, 4.69) is 97.5 Å². The standard InChI is InChI=1S/C28H16N10/c1-5-19(37-21-9-29-13-33-25(21)26-22(37)10-30-14-34-26)6-2-17(1)18-3-7-20(8-4-18)38-23-11-31-15-35-27(23)28-24(38)12-32-16-36-28/h1-16H. The molecule has 8 aromatic rings. The van der Waals surface area contributed by atoms with Crippen LogP contribution in [0.5, 0.6) is 0 Å². The minimum absolute atomic E-state index is 0.804. The van der Waals surface area contributed by atoms with Crippen LogP contribution in [0.2, 0.25) is 0 Å². The topological polar surface area (TPSA) is 113 Å². The van der Waals surface area contributed by atoms with Gasteiger partial charge < -0.3 is 9.13 Å². The third-order valence-corrected chi connectivity index (χ3v) is 6.77. The number of rotatable bonds is 3. The molecule has 0 bridgehead atoms. The summed E-state index contributed by atoms with van der Waals surface area (Å²) in [6.45, 7) is 0. The van der Waals surface area contributed by atoms with E-state index in [1.54, 1.807) is 50.1 Å². The molecule has 10 heteroatoms. The molecule has 0 unspecified atom stereocenters. The van der Waals surface area contributed by atoms with E-state index in [0.29, 0.717) is 0 Å². The Bertz CT molecular complexity index is 1860. The van der Waals surface area contributed by atoms with Crippen LogP contribution < -0.4 is 0 Å². The van der Waals surface area contributed by atoms with Crippen LogP contribution in [0.3, 0.4) is 0 Å². The van der Waals surface area contributed by atoms with Gasteiger partial charge in [-0.3, -0.25) is 0 Å². The van der Waals surface area contributed by atoms with Crippen LogP contribution in [-0.4, -0.2) is 49.0 Å². The van der Waals surface area contributed by atoms with Gasteiger partial charge in [-0.1, -0.05) is 24.3 Å². The molecular weight excluding hydrogens is 476 g/mol. The SMILES string of the molecule is c1ncc2c(n1)c1ncncc1n2-c1ccc(-c2ccc(-n3c4cncnc4c4ncncc43)cc2)cc1. The third-order valence-electron chi connectivity index (χ3n) is 6.77. The molecule has 6 aromatic heterocycles. The van der Waals surface area contributed by atoms with Gasteiger partial charge in [0.15, 0.2) is 0 Å². The smallest absolute Gasteiger partial charge is 0.118 e. The Morgan fingerprint density at radius 2 is 0.658 bits per heavy atom. The molecule has 0 amide bonds. The van der Waals surface area contributed by atoms with Gasteiger partial charge in [-0.15, -0.1) is 0 Å². The van der Waals surface area contributed by atoms with E-state index < -0.39 is 0 Å². The Morgan fingerprint density at radius 3 is 0.947 bits per heavy atom. The fraction of sp³-hybridized carbons (Fsp3) is 0. The van der Waals surface area contributed by atoms with E-state index in [4.69, 9.17) is 0 Å². The second kappa shape index (κ2) is 7.93. The number of fused-ring (bicyclic) bond motifs is 6. The molecule has 0 aliphatic rings. The maximum atomic E-state index is 4.45. The van der Waals surface area contributed by atoms with E-state index >= 15 is 0 Å². The summed E-state index contributed by atoms with van der Waals surface area (Å²) >= 11 is 0. The first-order valence-electron chi connectivity index (χ1n) is 11.9. The first-order chi connectivity index (χ1) is 18.9. The van der Waals surface area contributed by atoms with Crippen LogP contribution >= 0.6 is 0 Å². The fourth-order valence-electron chi connectivity index (χ4n) is 5.10. The van der Waals surface area contributed by atoms with Crippen molar-refractivity contribution in [3.63, 3.8) is 0 Å². The van der Waals surface area contributed by atoms with Crippen molar-refractivity contribution in [1.82, 2.24) is 49.0 Å². The molecule has 6 heterocycles. The minimum Gasteiger partial charge on any atom is -0.303 e. The van der Waals surface area contributed by atoms with Crippen LogP contribution in [0.15, 0.2) is 98.6 Å². The molecule has 0 aliphatic heterocycles. The van der Waals surface area contributed by atoms with Crippen molar-refractivity contribution >= 4 is 44.1 Å². The van der Waals surface area contributed by atoms with Crippen molar-refractivity contribution < 1.29 is 0 Å². The highest BCUT2D eigenvalue weighted by Gasteiger charge is 2.16. The van der Waals surface area contributed by atoms with Crippen LogP contribution in [0.25, 0.3) is 66.6 Å². The van der Waals surface area contributed by atoms with E-state index in [-0.39, 0.29) is 0 Å². The largest absolute Gasteiger partial charge is 0.303 e. The number of aromatic nitrogens is 10. The molecule has 10 nitrogen and oxygen atoms in total. The highest BCUT2D eigenvalue weighted by molar-refractivity contribution is 6.04. The summed E-state index contributed by atoms with van der Waals surface area (Å²) in [6.07, 6.45) is 13.4. The molecule has 178 valence electrons. The Balaban J connectivity index is 1.20. The Kier molecular flexibility index (Phi) is 4.29. The molecule has 0 fully saturated rings. The Morgan fingerprint density at radius 1 is 0.368 bits per heavy atom. The predicted octanol–water partition coefficient (Wildman–Crippen LogP) is 4.71. The van der Waals surface area contributed by atoms with E-state index in [0.717, 1.165) is 66.6 Å². The van der Waals surface area contributed by atoms with Gasteiger partial charge in [-0.25, -0.2) is 39.9 Å². The lowest BCUT2D eigenvalue weighted by Gasteiger charge is -2.10. The first kappa shape index (κ1) is 20.5. The summed E-state index contributed by atoms with van der Waals surface area (Å²) < 4.78 is 4.17. The highest BCUT2D eigenvalue weighted by atomic mass is 15.1. The van der Waals surface area contributed by atoms with Gasteiger partial charge in [0.1, 0.15) is 47.4 Å². The Hall–Kier alpha value is -5.64. The molecule has 0 spiro atoms. The van der Waals surface area contributed by atoms with Crippen LogP contribution in [0.1, 0.15) is 0 Å². The molecule has 0 saturated heterocycles. The number of hydrogen-bond acceptors (Lipinski definition) is 8. The zero-order valence-electron chi connectivity index (χ0n) is 19.7. The van der Waals surface area contributed by atoms with E-state index in [1.807, 2.05) is 0 Å². The molecule has 0 N–H and O–H groups in total.